The summed E-state index contributed by atoms with van der Waals surface area (Å²) in [6.45, 7) is 3.11. The number of nitrogens with one attached hydrogen (secondary N) is 1. The third kappa shape index (κ3) is 13.7. The van der Waals surface area contributed by atoms with Gasteiger partial charge in [0.1, 0.15) is 24.4 Å². The second-order valence-electron chi connectivity index (χ2n) is 9.42. The number of ether oxygens (including phenoxy) is 2. The average Bonchev–Trinajstić information content (AvgIpc) is 2.90. The quantitative estimate of drug-likeness (QED) is 0.111. The fraction of sp³-hybridized carbons (Fsp3) is 0.750. The van der Waals surface area contributed by atoms with Crippen molar-refractivity contribution < 1.29 is 39.8 Å². The van der Waals surface area contributed by atoms with Gasteiger partial charge in [0, 0.05) is 6.42 Å². The van der Waals surface area contributed by atoms with Crippen LogP contribution >= 0.6 is 0 Å². The summed E-state index contributed by atoms with van der Waals surface area (Å²) in [6, 6.07) is -0.819. The molecule has 1 rings (SSSR count). The van der Waals surface area contributed by atoms with Crippen molar-refractivity contribution in [3.8, 4) is 0 Å². The van der Waals surface area contributed by atoms with E-state index in [1.54, 1.807) is 13.0 Å². The van der Waals surface area contributed by atoms with Gasteiger partial charge in [0.15, 0.2) is 6.29 Å². The Balaban J connectivity index is 2.43. The zero-order chi connectivity index (χ0) is 27.5. The van der Waals surface area contributed by atoms with Gasteiger partial charge < -0.3 is 40.3 Å². The number of rotatable bonds is 19. The molecule has 1 heterocycles. The molecular formula is C28H49NO8. The predicted molar refractivity (Wildman–Crippen MR) is 143 cm³/mol. The zero-order valence-corrected chi connectivity index (χ0v) is 22.5. The highest BCUT2D eigenvalue weighted by Gasteiger charge is 2.44. The first-order chi connectivity index (χ1) is 17.8. The number of aliphatic hydroxyl groups excluding tert-OH is 5. The van der Waals surface area contributed by atoms with Gasteiger partial charge in [-0.2, -0.15) is 0 Å². The van der Waals surface area contributed by atoms with Crippen LogP contribution in [0.25, 0.3) is 0 Å². The predicted octanol–water partition coefficient (Wildman–Crippen LogP) is 2.26. The molecule has 0 aliphatic carbocycles. The minimum absolute atomic E-state index is 0.214. The summed E-state index contributed by atoms with van der Waals surface area (Å²) in [6.07, 6.45) is 14.2. The van der Waals surface area contributed by atoms with Gasteiger partial charge >= 0.3 is 0 Å². The molecule has 0 aromatic heterocycles. The molecule has 0 saturated carbocycles. The van der Waals surface area contributed by atoms with E-state index in [0.717, 1.165) is 32.1 Å². The lowest BCUT2D eigenvalue weighted by Crippen LogP contribution is -2.60. The molecule has 7 atom stereocenters. The number of amides is 1. The Morgan fingerprint density at radius 3 is 2.11 bits per heavy atom. The summed E-state index contributed by atoms with van der Waals surface area (Å²) in [7, 11) is 0. The van der Waals surface area contributed by atoms with E-state index < -0.39 is 49.5 Å². The van der Waals surface area contributed by atoms with Crippen molar-refractivity contribution in [1.82, 2.24) is 5.32 Å². The molecule has 1 aliphatic rings. The van der Waals surface area contributed by atoms with Crippen molar-refractivity contribution in [2.45, 2.75) is 121 Å². The smallest absolute Gasteiger partial charge is 0.220 e. The molecule has 9 heteroatoms. The van der Waals surface area contributed by atoms with Crippen LogP contribution in [0, 0.1) is 0 Å². The Hall–Kier alpha value is -1.59. The first-order valence-corrected chi connectivity index (χ1v) is 13.7. The second-order valence-corrected chi connectivity index (χ2v) is 9.42. The first kappa shape index (κ1) is 33.4. The summed E-state index contributed by atoms with van der Waals surface area (Å²) in [4.78, 5) is 11.9. The highest BCUT2D eigenvalue weighted by Crippen LogP contribution is 2.22. The van der Waals surface area contributed by atoms with Crippen molar-refractivity contribution in [1.29, 1.82) is 0 Å². The summed E-state index contributed by atoms with van der Waals surface area (Å²) in [5.74, 6) is -0.284. The van der Waals surface area contributed by atoms with E-state index in [4.69, 9.17) is 9.47 Å². The standard InChI is InChI=1S/C28H49NO8/c1-3-5-6-7-8-9-10-11-12-13-14-15-16-17-18-22(31)21(29-24(32)4-2)20-36-28-27(35)26(34)25(33)23(19-30)37-28/h9-10,13-14,17-18,21-23,25-28,30-31,33-35H,3-8,11-12,15-16,19-20H2,1-2H3,(H,29,32)/b10-9+,14-13+,18-17+. The van der Waals surface area contributed by atoms with Crippen LogP contribution in [0.4, 0.5) is 0 Å². The number of unbranched alkanes of at least 4 members (excludes halogenated alkanes) is 6. The van der Waals surface area contributed by atoms with Gasteiger partial charge in [-0.05, 0) is 38.5 Å². The lowest BCUT2D eigenvalue weighted by atomic mass is 9.99. The molecule has 0 bridgehead atoms. The van der Waals surface area contributed by atoms with E-state index >= 15 is 0 Å². The second kappa shape index (κ2) is 20.4. The highest BCUT2D eigenvalue weighted by atomic mass is 16.7. The van der Waals surface area contributed by atoms with Crippen LogP contribution in [0.15, 0.2) is 36.5 Å². The normalized spacial score (nSPS) is 26.3. The highest BCUT2D eigenvalue weighted by molar-refractivity contribution is 5.75. The third-order valence-electron chi connectivity index (χ3n) is 6.26. The lowest BCUT2D eigenvalue weighted by Gasteiger charge is -2.40. The van der Waals surface area contributed by atoms with Crippen molar-refractivity contribution >= 4 is 5.91 Å². The minimum atomic E-state index is -1.57. The number of hydrogen-bond donors (Lipinski definition) is 6. The van der Waals surface area contributed by atoms with Crippen LogP contribution in [0.2, 0.25) is 0 Å². The number of aliphatic hydroxyl groups is 5. The van der Waals surface area contributed by atoms with E-state index in [9.17, 15) is 30.3 Å². The Morgan fingerprint density at radius 1 is 0.892 bits per heavy atom. The third-order valence-corrected chi connectivity index (χ3v) is 6.26. The minimum Gasteiger partial charge on any atom is -0.394 e. The maximum Gasteiger partial charge on any atom is 0.220 e. The van der Waals surface area contributed by atoms with E-state index in [1.165, 1.54) is 25.7 Å². The van der Waals surface area contributed by atoms with Crippen LogP contribution in [0.1, 0.15) is 78.1 Å². The van der Waals surface area contributed by atoms with Crippen LogP contribution in [0.3, 0.4) is 0 Å². The number of hydrogen-bond acceptors (Lipinski definition) is 8. The number of carbonyl (C=O) groups excluding carboxylic acids is 1. The lowest BCUT2D eigenvalue weighted by molar-refractivity contribution is -0.302. The maximum absolute atomic E-state index is 11.9. The van der Waals surface area contributed by atoms with Gasteiger partial charge in [-0.25, -0.2) is 0 Å². The van der Waals surface area contributed by atoms with Gasteiger partial charge in [-0.15, -0.1) is 0 Å². The SMILES string of the molecule is CCCCCC/C=C/CC/C=C/CC/C=C/C(O)C(COC1OC(CO)C(O)C(O)C1O)NC(=O)CC. The van der Waals surface area contributed by atoms with Gasteiger partial charge in [0.25, 0.3) is 0 Å². The van der Waals surface area contributed by atoms with E-state index in [0.29, 0.717) is 0 Å². The molecule has 0 aromatic carbocycles. The van der Waals surface area contributed by atoms with Crippen molar-refractivity contribution in [3.05, 3.63) is 36.5 Å². The monoisotopic (exact) mass is 527 g/mol. The number of allylic oxidation sites excluding steroid dienone is 5. The molecule has 1 amide bonds. The van der Waals surface area contributed by atoms with Crippen LogP contribution in [-0.4, -0.2) is 87.5 Å². The number of carbonyl (C=O) groups is 1. The van der Waals surface area contributed by atoms with Gasteiger partial charge in [0.2, 0.25) is 5.91 Å². The van der Waals surface area contributed by atoms with Crippen molar-refractivity contribution in [2.75, 3.05) is 13.2 Å². The summed E-state index contributed by atoms with van der Waals surface area (Å²) in [5.41, 5.74) is 0. The molecule has 9 nitrogen and oxygen atoms in total. The topological polar surface area (TPSA) is 149 Å². The molecule has 0 radical (unpaired) electrons. The molecular weight excluding hydrogens is 478 g/mol. The molecule has 1 aliphatic heterocycles. The first-order valence-electron chi connectivity index (χ1n) is 13.7. The van der Waals surface area contributed by atoms with E-state index in [1.807, 2.05) is 6.08 Å². The molecule has 1 fully saturated rings. The molecule has 37 heavy (non-hydrogen) atoms. The Bertz CT molecular complexity index is 681. The fourth-order valence-corrected chi connectivity index (χ4v) is 3.85. The van der Waals surface area contributed by atoms with Crippen LogP contribution < -0.4 is 5.32 Å². The zero-order valence-electron chi connectivity index (χ0n) is 22.5. The van der Waals surface area contributed by atoms with Crippen molar-refractivity contribution in [3.63, 3.8) is 0 Å². The molecule has 0 aromatic rings. The van der Waals surface area contributed by atoms with E-state index in [2.05, 4.69) is 36.5 Å². The summed E-state index contributed by atoms with van der Waals surface area (Å²) >= 11 is 0. The Morgan fingerprint density at radius 2 is 1.51 bits per heavy atom. The van der Waals surface area contributed by atoms with Crippen molar-refractivity contribution in [2.24, 2.45) is 0 Å². The summed E-state index contributed by atoms with van der Waals surface area (Å²) < 4.78 is 10.8. The van der Waals surface area contributed by atoms with E-state index in [-0.39, 0.29) is 18.9 Å². The molecule has 6 N–H and O–H groups in total. The Kier molecular flexibility index (Phi) is 18.4. The van der Waals surface area contributed by atoms with Crippen LogP contribution in [0.5, 0.6) is 0 Å². The largest absolute Gasteiger partial charge is 0.394 e. The average molecular weight is 528 g/mol. The van der Waals surface area contributed by atoms with Crippen LogP contribution in [-0.2, 0) is 14.3 Å². The molecule has 1 saturated heterocycles. The maximum atomic E-state index is 11.9. The summed E-state index contributed by atoms with van der Waals surface area (Å²) in [5, 5.41) is 52.5. The molecule has 214 valence electrons. The Labute approximate surface area is 221 Å². The van der Waals surface area contributed by atoms with Gasteiger partial charge in [0.05, 0.1) is 25.4 Å². The fourth-order valence-electron chi connectivity index (χ4n) is 3.85. The molecule has 0 spiro atoms. The molecule has 7 unspecified atom stereocenters. The van der Waals surface area contributed by atoms with Gasteiger partial charge in [-0.1, -0.05) is 69.6 Å². The van der Waals surface area contributed by atoms with Gasteiger partial charge in [-0.3, -0.25) is 4.79 Å².